The minimum absolute atomic E-state index is 0.0443. The van der Waals surface area contributed by atoms with Crippen LogP contribution in [0.25, 0.3) is 5.76 Å². The fourth-order valence-electron chi connectivity index (χ4n) is 3.53. The van der Waals surface area contributed by atoms with Gasteiger partial charge in [0, 0.05) is 16.7 Å². The summed E-state index contributed by atoms with van der Waals surface area (Å²) in [5, 5.41) is 15.5. The number of ketones is 1. The Morgan fingerprint density at radius 1 is 1.16 bits per heavy atom. The minimum Gasteiger partial charge on any atom is -0.507 e. The standard InChI is InChI=1S/C23H19ClN2O5/c1-3-30-17-10-6-15(7-11-17)21(27)19-20(14-4-8-16(24)9-5-14)26(23(29)22(19)28)18-12-13(2)31-25-18/h4-12,20,27H,3H2,1-2H3/t20-/m1/s1. The quantitative estimate of drug-likeness (QED) is 0.354. The molecule has 1 aliphatic rings. The van der Waals surface area contributed by atoms with E-state index in [2.05, 4.69) is 5.16 Å². The highest BCUT2D eigenvalue weighted by Crippen LogP contribution is 2.42. The van der Waals surface area contributed by atoms with Crippen LogP contribution in [-0.4, -0.2) is 28.6 Å². The van der Waals surface area contributed by atoms with E-state index in [0.717, 1.165) is 0 Å². The maximum atomic E-state index is 13.0. The zero-order chi connectivity index (χ0) is 22.1. The first-order valence-electron chi connectivity index (χ1n) is 9.63. The van der Waals surface area contributed by atoms with Crippen LogP contribution in [0.15, 0.2) is 64.7 Å². The maximum absolute atomic E-state index is 13.0. The molecule has 1 saturated heterocycles. The average molecular weight is 439 g/mol. The van der Waals surface area contributed by atoms with Gasteiger partial charge in [-0.3, -0.25) is 14.5 Å². The monoisotopic (exact) mass is 438 g/mol. The lowest BCUT2D eigenvalue weighted by molar-refractivity contribution is -0.132. The molecule has 0 aliphatic carbocycles. The summed E-state index contributed by atoms with van der Waals surface area (Å²) in [6, 6.07) is 14.0. The summed E-state index contributed by atoms with van der Waals surface area (Å²) in [4.78, 5) is 27.2. The van der Waals surface area contributed by atoms with Gasteiger partial charge in [0.15, 0.2) is 5.82 Å². The molecule has 4 rings (SSSR count). The van der Waals surface area contributed by atoms with E-state index >= 15 is 0 Å². The number of aromatic nitrogens is 1. The molecule has 2 heterocycles. The Labute approximate surface area is 183 Å². The normalized spacial score (nSPS) is 17.9. The molecule has 0 spiro atoms. The first-order valence-corrected chi connectivity index (χ1v) is 10.0. The number of aliphatic hydroxyl groups is 1. The summed E-state index contributed by atoms with van der Waals surface area (Å²) in [6.07, 6.45) is 0. The molecule has 0 saturated carbocycles. The second-order valence-corrected chi connectivity index (χ2v) is 7.41. The van der Waals surface area contributed by atoms with Crippen molar-refractivity contribution in [1.82, 2.24) is 5.16 Å². The van der Waals surface area contributed by atoms with Gasteiger partial charge in [0.1, 0.15) is 17.3 Å². The molecular weight excluding hydrogens is 420 g/mol. The van der Waals surface area contributed by atoms with Gasteiger partial charge in [-0.05, 0) is 55.8 Å². The van der Waals surface area contributed by atoms with Gasteiger partial charge < -0.3 is 14.4 Å². The van der Waals surface area contributed by atoms with Crippen LogP contribution in [0.5, 0.6) is 5.75 Å². The number of halogens is 1. The highest BCUT2D eigenvalue weighted by atomic mass is 35.5. The van der Waals surface area contributed by atoms with Crippen molar-refractivity contribution in [2.24, 2.45) is 0 Å². The van der Waals surface area contributed by atoms with Gasteiger partial charge >= 0.3 is 5.91 Å². The Hall–Kier alpha value is -3.58. The predicted molar refractivity (Wildman–Crippen MR) is 115 cm³/mol. The van der Waals surface area contributed by atoms with E-state index in [1.165, 1.54) is 4.90 Å². The highest BCUT2D eigenvalue weighted by Gasteiger charge is 2.48. The summed E-state index contributed by atoms with van der Waals surface area (Å²) in [6.45, 7) is 4.06. The van der Waals surface area contributed by atoms with Gasteiger partial charge in [-0.25, -0.2) is 0 Å². The second kappa shape index (κ2) is 8.28. The number of ether oxygens (including phenoxy) is 1. The lowest BCUT2D eigenvalue weighted by atomic mass is 9.95. The van der Waals surface area contributed by atoms with Crippen LogP contribution in [0.4, 0.5) is 5.82 Å². The van der Waals surface area contributed by atoms with Gasteiger partial charge in [0.2, 0.25) is 0 Å². The second-order valence-electron chi connectivity index (χ2n) is 6.97. The van der Waals surface area contributed by atoms with Crippen molar-refractivity contribution in [3.8, 4) is 5.75 Å². The molecule has 158 valence electrons. The zero-order valence-electron chi connectivity index (χ0n) is 16.8. The smallest absolute Gasteiger partial charge is 0.301 e. The average Bonchev–Trinajstić information content (AvgIpc) is 3.30. The van der Waals surface area contributed by atoms with Crippen LogP contribution in [0.2, 0.25) is 5.02 Å². The lowest BCUT2D eigenvalue weighted by Gasteiger charge is -2.22. The van der Waals surface area contributed by atoms with Gasteiger partial charge in [-0.1, -0.05) is 28.9 Å². The molecule has 1 amide bonds. The molecule has 1 aliphatic heterocycles. The van der Waals surface area contributed by atoms with Crippen molar-refractivity contribution < 1.29 is 24.0 Å². The number of hydrogen-bond acceptors (Lipinski definition) is 6. The molecule has 0 bridgehead atoms. The van der Waals surface area contributed by atoms with E-state index in [1.54, 1.807) is 61.5 Å². The molecule has 1 N–H and O–H groups in total. The van der Waals surface area contributed by atoms with Crippen LogP contribution < -0.4 is 9.64 Å². The van der Waals surface area contributed by atoms with Crippen LogP contribution in [0.3, 0.4) is 0 Å². The number of amides is 1. The van der Waals surface area contributed by atoms with Crippen LogP contribution >= 0.6 is 11.6 Å². The summed E-state index contributed by atoms with van der Waals surface area (Å²) < 4.78 is 10.5. The third kappa shape index (κ3) is 3.80. The SMILES string of the molecule is CCOc1ccc(C(O)=C2C(=O)C(=O)N(c3cc(C)on3)[C@@H]2c2ccc(Cl)cc2)cc1. The Balaban J connectivity index is 1.87. The Bertz CT molecular complexity index is 1170. The topological polar surface area (TPSA) is 92.9 Å². The van der Waals surface area contributed by atoms with Gasteiger partial charge in [0.05, 0.1) is 18.2 Å². The molecule has 0 unspecified atom stereocenters. The first kappa shape index (κ1) is 20.7. The highest BCUT2D eigenvalue weighted by molar-refractivity contribution is 6.51. The van der Waals surface area contributed by atoms with Gasteiger partial charge in [0.25, 0.3) is 5.78 Å². The molecule has 7 nitrogen and oxygen atoms in total. The fraction of sp³-hybridized carbons (Fsp3) is 0.174. The Morgan fingerprint density at radius 3 is 2.42 bits per heavy atom. The largest absolute Gasteiger partial charge is 0.507 e. The number of rotatable bonds is 5. The molecule has 31 heavy (non-hydrogen) atoms. The van der Waals surface area contributed by atoms with Crippen LogP contribution in [0.1, 0.15) is 29.9 Å². The van der Waals surface area contributed by atoms with Crippen molar-refractivity contribution in [1.29, 1.82) is 0 Å². The van der Waals surface area contributed by atoms with E-state index < -0.39 is 17.7 Å². The number of carbonyl (C=O) groups is 2. The number of Topliss-reactive ketones (excluding diaryl/α,β-unsaturated/α-hetero) is 1. The van der Waals surface area contributed by atoms with Crippen LogP contribution in [-0.2, 0) is 9.59 Å². The van der Waals surface area contributed by atoms with Crippen LogP contribution in [0, 0.1) is 6.92 Å². The summed E-state index contributed by atoms with van der Waals surface area (Å²) in [5.41, 5.74) is 0.936. The molecule has 2 aromatic carbocycles. The lowest BCUT2D eigenvalue weighted by Crippen LogP contribution is -2.29. The molecule has 1 fully saturated rings. The Kier molecular flexibility index (Phi) is 5.52. The first-order chi connectivity index (χ1) is 14.9. The number of benzene rings is 2. The van der Waals surface area contributed by atoms with E-state index in [9.17, 15) is 14.7 Å². The van der Waals surface area contributed by atoms with Crippen molar-refractivity contribution in [3.05, 3.63) is 82.1 Å². The van der Waals surface area contributed by atoms with E-state index in [4.69, 9.17) is 20.9 Å². The van der Waals surface area contributed by atoms with Crippen molar-refractivity contribution in [2.45, 2.75) is 19.9 Å². The van der Waals surface area contributed by atoms with E-state index in [1.807, 2.05) is 6.92 Å². The van der Waals surface area contributed by atoms with Gasteiger partial charge in [-0.2, -0.15) is 0 Å². The van der Waals surface area contributed by atoms with Gasteiger partial charge in [-0.15, -0.1) is 0 Å². The predicted octanol–water partition coefficient (Wildman–Crippen LogP) is 4.66. The molecule has 3 aromatic rings. The molecular formula is C23H19ClN2O5. The molecule has 1 aromatic heterocycles. The third-order valence-electron chi connectivity index (χ3n) is 4.93. The number of anilines is 1. The number of nitrogens with zero attached hydrogens (tertiary/aromatic N) is 2. The summed E-state index contributed by atoms with van der Waals surface area (Å²) in [5.74, 6) is -0.604. The number of carbonyl (C=O) groups excluding carboxylic acids is 2. The molecule has 0 radical (unpaired) electrons. The third-order valence-corrected chi connectivity index (χ3v) is 5.18. The molecule has 1 atom stereocenters. The van der Waals surface area contributed by atoms with Crippen molar-refractivity contribution in [3.63, 3.8) is 0 Å². The van der Waals surface area contributed by atoms with E-state index in [0.29, 0.717) is 34.3 Å². The van der Waals surface area contributed by atoms with Crippen molar-refractivity contribution in [2.75, 3.05) is 11.5 Å². The molecule has 8 heteroatoms. The fourth-order valence-corrected chi connectivity index (χ4v) is 3.65. The van der Waals surface area contributed by atoms with E-state index in [-0.39, 0.29) is 17.2 Å². The maximum Gasteiger partial charge on any atom is 0.301 e. The zero-order valence-corrected chi connectivity index (χ0v) is 17.6. The van der Waals surface area contributed by atoms with Crippen molar-refractivity contribution >= 4 is 34.9 Å². The minimum atomic E-state index is -0.895. The summed E-state index contributed by atoms with van der Waals surface area (Å²) in [7, 11) is 0. The number of hydrogen-bond donors (Lipinski definition) is 1. The number of aliphatic hydroxyl groups excluding tert-OH is 1. The number of aryl methyl sites for hydroxylation is 1. The summed E-state index contributed by atoms with van der Waals surface area (Å²) >= 11 is 6.02. The Morgan fingerprint density at radius 2 is 1.84 bits per heavy atom.